The molecule has 3 heterocycles. The Bertz CT molecular complexity index is 777. The summed E-state index contributed by atoms with van der Waals surface area (Å²) in [7, 11) is 0. The largest absolute Gasteiger partial charge is 0.462 e. The number of fused-ring (bicyclic) bond motifs is 1. The van der Waals surface area contributed by atoms with Crippen LogP contribution in [0.25, 0.3) is 22.2 Å². The molecular weight excluding hydrogens is 298 g/mol. The van der Waals surface area contributed by atoms with Crippen LogP contribution < -0.4 is 5.73 Å². The Labute approximate surface area is 133 Å². The number of aromatic amines is 1. The predicted octanol–water partition coefficient (Wildman–Crippen LogP) is 4.08. The first-order valence-electron chi connectivity index (χ1n) is 7.19. The molecule has 5 nitrogen and oxygen atoms in total. The van der Waals surface area contributed by atoms with Gasteiger partial charge in [-0.25, -0.2) is 9.78 Å². The minimum atomic E-state index is -0.389. The second-order valence-corrected chi connectivity index (χ2v) is 5.12. The van der Waals surface area contributed by atoms with Gasteiger partial charge in [0.1, 0.15) is 16.2 Å². The average Bonchev–Trinajstić information content (AvgIpc) is 3.12. The molecule has 0 unspecified atom stereocenters. The van der Waals surface area contributed by atoms with E-state index in [9.17, 15) is 4.79 Å². The number of nitrogens with two attached hydrogens (primary N) is 1. The molecule has 0 amide bonds. The Morgan fingerprint density at radius 3 is 2.91 bits per heavy atom. The fourth-order valence-electron chi connectivity index (χ4n) is 2.16. The first-order valence-corrected chi connectivity index (χ1v) is 8.07. The summed E-state index contributed by atoms with van der Waals surface area (Å²) >= 11 is 1.33. The number of esters is 1. The maximum absolute atomic E-state index is 12.1. The van der Waals surface area contributed by atoms with Crippen LogP contribution in [0, 0.1) is 0 Å². The Kier molecular flexibility index (Phi) is 5.16. The molecule has 116 valence electrons. The molecule has 0 atom stereocenters. The number of thiophene rings is 1. The zero-order valence-electron chi connectivity index (χ0n) is 12.8. The van der Waals surface area contributed by atoms with Crippen LogP contribution in [-0.2, 0) is 4.74 Å². The van der Waals surface area contributed by atoms with Crippen LogP contribution in [0.5, 0.6) is 0 Å². The number of ether oxygens (including phenoxy) is 1. The average molecular weight is 317 g/mol. The number of carbonyl (C=O) groups excluding carboxylic acids is 1. The monoisotopic (exact) mass is 317 g/mol. The first-order chi connectivity index (χ1) is 10.7. The summed E-state index contributed by atoms with van der Waals surface area (Å²) in [5.74, 6) is -0.389. The number of rotatable bonds is 3. The molecule has 0 spiro atoms. The minimum absolute atomic E-state index is 0.322. The van der Waals surface area contributed by atoms with E-state index >= 15 is 0 Å². The Morgan fingerprint density at radius 1 is 1.41 bits per heavy atom. The number of H-pyrrole nitrogens is 1. The van der Waals surface area contributed by atoms with Gasteiger partial charge in [-0.1, -0.05) is 13.8 Å². The Hall–Kier alpha value is -2.34. The number of anilines is 1. The van der Waals surface area contributed by atoms with E-state index in [1.807, 2.05) is 37.6 Å². The summed E-state index contributed by atoms with van der Waals surface area (Å²) in [6.07, 6.45) is 3.55. The van der Waals surface area contributed by atoms with Gasteiger partial charge in [0.05, 0.1) is 6.61 Å². The number of nitrogen functional groups attached to an aromatic ring is 1. The molecule has 0 saturated heterocycles. The molecule has 0 saturated carbocycles. The maximum atomic E-state index is 12.1. The molecule has 3 aromatic rings. The quantitative estimate of drug-likeness (QED) is 0.713. The van der Waals surface area contributed by atoms with Gasteiger partial charge in [0.25, 0.3) is 0 Å². The highest BCUT2D eigenvalue weighted by molar-refractivity contribution is 7.15. The lowest BCUT2D eigenvalue weighted by Crippen LogP contribution is -2.07. The topological polar surface area (TPSA) is 81.0 Å². The third-order valence-electron chi connectivity index (χ3n) is 3.04. The molecule has 3 rings (SSSR count). The van der Waals surface area contributed by atoms with Crippen LogP contribution in [0.2, 0.25) is 0 Å². The van der Waals surface area contributed by atoms with Gasteiger partial charge in [0.2, 0.25) is 0 Å². The summed E-state index contributed by atoms with van der Waals surface area (Å²) < 4.78 is 5.08. The molecular formula is C16H19N3O2S. The van der Waals surface area contributed by atoms with Crippen molar-refractivity contribution in [1.82, 2.24) is 9.97 Å². The van der Waals surface area contributed by atoms with Crippen LogP contribution >= 0.6 is 11.3 Å². The van der Waals surface area contributed by atoms with E-state index in [2.05, 4.69) is 9.97 Å². The third-order valence-corrected chi connectivity index (χ3v) is 3.85. The van der Waals surface area contributed by atoms with Crippen molar-refractivity contribution < 1.29 is 9.53 Å². The maximum Gasteiger partial charge on any atom is 0.341 e. The van der Waals surface area contributed by atoms with Gasteiger partial charge in [-0.05, 0) is 19.1 Å². The molecule has 0 bridgehead atoms. The Balaban J connectivity index is 0.000000847. The summed E-state index contributed by atoms with van der Waals surface area (Å²) in [5, 5.41) is 3.30. The predicted molar refractivity (Wildman–Crippen MR) is 91.1 cm³/mol. The van der Waals surface area contributed by atoms with E-state index in [0.717, 1.165) is 22.2 Å². The van der Waals surface area contributed by atoms with Crippen molar-refractivity contribution in [2.24, 2.45) is 0 Å². The second kappa shape index (κ2) is 7.09. The van der Waals surface area contributed by atoms with Crippen LogP contribution in [0.1, 0.15) is 31.1 Å². The van der Waals surface area contributed by atoms with Crippen molar-refractivity contribution in [2.45, 2.75) is 20.8 Å². The van der Waals surface area contributed by atoms with Crippen LogP contribution in [0.15, 0.2) is 29.9 Å². The van der Waals surface area contributed by atoms with E-state index in [1.165, 1.54) is 11.3 Å². The lowest BCUT2D eigenvalue weighted by atomic mass is 10.0. The van der Waals surface area contributed by atoms with E-state index < -0.39 is 0 Å². The fraction of sp³-hybridized carbons (Fsp3) is 0.250. The minimum Gasteiger partial charge on any atom is -0.462 e. The van der Waals surface area contributed by atoms with Crippen molar-refractivity contribution in [1.29, 1.82) is 0 Å². The number of nitrogens with one attached hydrogen (secondary N) is 1. The molecule has 22 heavy (non-hydrogen) atoms. The Morgan fingerprint density at radius 2 is 2.18 bits per heavy atom. The highest BCUT2D eigenvalue weighted by atomic mass is 32.1. The number of hydrogen-bond acceptors (Lipinski definition) is 5. The van der Waals surface area contributed by atoms with Crippen LogP contribution in [0.3, 0.4) is 0 Å². The molecule has 0 aliphatic rings. The van der Waals surface area contributed by atoms with Gasteiger partial charge in [0, 0.05) is 34.3 Å². The van der Waals surface area contributed by atoms with Crippen molar-refractivity contribution in [2.75, 3.05) is 12.3 Å². The number of carbonyl (C=O) groups is 1. The van der Waals surface area contributed by atoms with Gasteiger partial charge in [-0.15, -0.1) is 11.3 Å². The highest BCUT2D eigenvalue weighted by Gasteiger charge is 2.21. The van der Waals surface area contributed by atoms with E-state index in [4.69, 9.17) is 10.5 Å². The van der Waals surface area contributed by atoms with Gasteiger partial charge < -0.3 is 15.5 Å². The lowest BCUT2D eigenvalue weighted by Gasteiger charge is -2.04. The smallest absolute Gasteiger partial charge is 0.341 e. The highest BCUT2D eigenvalue weighted by Crippen LogP contribution is 2.37. The molecule has 3 N–H and O–H groups in total. The summed E-state index contributed by atoms with van der Waals surface area (Å²) in [4.78, 5) is 19.4. The summed E-state index contributed by atoms with van der Waals surface area (Å²) in [6, 6.07) is 3.82. The van der Waals surface area contributed by atoms with Crippen LogP contribution in [0.4, 0.5) is 5.00 Å². The second-order valence-electron chi connectivity index (χ2n) is 4.21. The standard InChI is InChI=1S/C14H13N3O2S.C2H6/c1-2-19-14(18)11-10(7-20-12(11)15)9-6-17-13-8(9)4-3-5-16-13;1-2/h3-7H,2,15H2,1H3,(H,16,17);1-2H3. The van der Waals surface area contributed by atoms with E-state index in [-0.39, 0.29) is 5.97 Å². The molecule has 0 fully saturated rings. The molecule has 0 aromatic carbocycles. The van der Waals surface area contributed by atoms with Crippen molar-refractivity contribution in [3.05, 3.63) is 35.5 Å². The van der Waals surface area contributed by atoms with Gasteiger partial charge >= 0.3 is 5.97 Å². The normalized spacial score (nSPS) is 10.1. The van der Waals surface area contributed by atoms with Crippen molar-refractivity contribution >= 4 is 33.3 Å². The lowest BCUT2D eigenvalue weighted by molar-refractivity contribution is 0.0529. The van der Waals surface area contributed by atoms with Gasteiger partial charge in [0.15, 0.2) is 0 Å². The summed E-state index contributed by atoms with van der Waals surface area (Å²) in [6.45, 7) is 6.10. The molecule has 3 aromatic heterocycles. The van der Waals surface area contributed by atoms with E-state index in [1.54, 1.807) is 13.1 Å². The number of pyridine rings is 1. The zero-order valence-corrected chi connectivity index (χ0v) is 13.7. The number of nitrogens with zero attached hydrogens (tertiary/aromatic N) is 1. The first kappa shape index (κ1) is 16.0. The van der Waals surface area contributed by atoms with E-state index in [0.29, 0.717) is 17.2 Å². The summed E-state index contributed by atoms with van der Waals surface area (Å²) in [5.41, 5.74) is 8.82. The third kappa shape index (κ3) is 2.82. The zero-order chi connectivity index (χ0) is 16.1. The molecule has 0 aliphatic heterocycles. The fourth-order valence-corrected chi connectivity index (χ4v) is 2.96. The molecule has 0 aliphatic carbocycles. The number of aromatic nitrogens is 2. The molecule has 6 heteroatoms. The molecule has 0 radical (unpaired) electrons. The van der Waals surface area contributed by atoms with Crippen LogP contribution in [-0.4, -0.2) is 22.5 Å². The van der Waals surface area contributed by atoms with Crippen molar-refractivity contribution in [3.8, 4) is 11.1 Å². The van der Waals surface area contributed by atoms with Crippen molar-refractivity contribution in [3.63, 3.8) is 0 Å². The van der Waals surface area contributed by atoms with Gasteiger partial charge in [-0.2, -0.15) is 0 Å². The van der Waals surface area contributed by atoms with Gasteiger partial charge in [-0.3, -0.25) is 0 Å². The SMILES string of the molecule is CC.CCOC(=O)c1c(-c2c[nH]c3ncccc23)csc1N. The number of hydrogen-bond donors (Lipinski definition) is 2.